The van der Waals surface area contributed by atoms with Crippen LogP contribution in [0.2, 0.25) is 0 Å². The Morgan fingerprint density at radius 1 is 1.18 bits per heavy atom. The fourth-order valence-corrected chi connectivity index (χ4v) is 2.06. The van der Waals surface area contributed by atoms with Gasteiger partial charge in [-0.3, -0.25) is 4.79 Å². The molecule has 17 heavy (non-hydrogen) atoms. The normalized spacial score (nSPS) is 20.9. The molecule has 1 atom stereocenters. The lowest BCUT2D eigenvalue weighted by atomic mass is 10.1. The lowest BCUT2D eigenvalue weighted by Gasteiger charge is -2.03. The number of ketones is 1. The van der Waals surface area contributed by atoms with Crippen LogP contribution >= 0.6 is 0 Å². The molecule has 1 N–H and O–H groups in total. The summed E-state index contributed by atoms with van der Waals surface area (Å²) in [5.74, 6) is 0.435. The highest BCUT2D eigenvalue weighted by Gasteiger charge is 2.32. The molecule has 1 aromatic carbocycles. The van der Waals surface area contributed by atoms with Gasteiger partial charge in [0.15, 0.2) is 5.78 Å². The Morgan fingerprint density at radius 2 is 2.00 bits per heavy atom. The molecular formula is C14H10O3. The Kier molecular flexibility index (Phi) is 2.20. The first-order valence-electron chi connectivity index (χ1n) is 5.34. The van der Waals surface area contributed by atoms with Crippen LogP contribution in [0.4, 0.5) is 0 Å². The minimum atomic E-state index is -0.858. The number of hydrogen-bond donors (Lipinski definition) is 1. The zero-order chi connectivity index (χ0) is 11.8. The summed E-state index contributed by atoms with van der Waals surface area (Å²) >= 11 is 0. The van der Waals surface area contributed by atoms with E-state index in [0.717, 1.165) is 0 Å². The van der Waals surface area contributed by atoms with Gasteiger partial charge in [0.25, 0.3) is 0 Å². The van der Waals surface area contributed by atoms with Crippen LogP contribution in [-0.4, -0.2) is 10.9 Å². The molecule has 3 rings (SSSR count). The van der Waals surface area contributed by atoms with Crippen molar-refractivity contribution in [1.29, 1.82) is 0 Å². The molecule has 1 aromatic heterocycles. The van der Waals surface area contributed by atoms with Crippen LogP contribution < -0.4 is 0 Å². The van der Waals surface area contributed by atoms with Crippen molar-refractivity contribution in [1.82, 2.24) is 0 Å². The van der Waals surface area contributed by atoms with Crippen LogP contribution in [0.15, 0.2) is 52.7 Å². The Labute approximate surface area is 98.0 Å². The first kappa shape index (κ1) is 10.1. The SMILES string of the molecule is O=C1/C(=C/c2ccco2)[C@@H](O)c2ccccc21. The summed E-state index contributed by atoms with van der Waals surface area (Å²) in [6, 6.07) is 10.6. The molecule has 0 radical (unpaired) electrons. The van der Waals surface area contributed by atoms with Crippen molar-refractivity contribution in [3.05, 3.63) is 65.1 Å². The van der Waals surface area contributed by atoms with Crippen molar-refractivity contribution in [3.8, 4) is 0 Å². The van der Waals surface area contributed by atoms with Gasteiger partial charge in [-0.15, -0.1) is 0 Å². The van der Waals surface area contributed by atoms with Crippen molar-refractivity contribution in [2.75, 3.05) is 0 Å². The molecule has 0 saturated heterocycles. The highest BCUT2D eigenvalue weighted by Crippen LogP contribution is 2.36. The van der Waals surface area contributed by atoms with Crippen molar-refractivity contribution >= 4 is 11.9 Å². The molecule has 1 heterocycles. The van der Waals surface area contributed by atoms with E-state index >= 15 is 0 Å². The number of benzene rings is 1. The van der Waals surface area contributed by atoms with Gasteiger partial charge in [-0.1, -0.05) is 24.3 Å². The number of aliphatic hydroxyl groups is 1. The zero-order valence-electron chi connectivity index (χ0n) is 8.96. The molecule has 1 aliphatic rings. The lowest BCUT2D eigenvalue weighted by Crippen LogP contribution is -1.98. The molecule has 84 valence electrons. The fourth-order valence-electron chi connectivity index (χ4n) is 2.06. The van der Waals surface area contributed by atoms with Crippen molar-refractivity contribution in [3.63, 3.8) is 0 Å². The van der Waals surface area contributed by atoms with Crippen LogP contribution in [0.5, 0.6) is 0 Å². The molecule has 0 amide bonds. The van der Waals surface area contributed by atoms with E-state index in [4.69, 9.17) is 4.42 Å². The monoisotopic (exact) mass is 226 g/mol. The number of Topliss-reactive ketones (excluding diaryl/α,β-unsaturated/α-hetero) is 1. The number of rotatable bonds is 1. The molecule has 1 aliphatic carbocycles. The Hall–Kier alpha value is -2.13. The predicted octanol–water partition coefficient (Wildman–Crippen LogP) is 2.59. The van der Waals surface area contributed by atoms with E-state index in [2.05, 4.69) is 0 Å². The summed E-state index contributed by atoms with van der Waals surface area (Å²) in [6.07, 6.45) is 2.27. The molecule has 0 saturated carbocycles. The van der Waals surface area contributed by atoms with E-state index in [-0.39, 0.29) is 5.78 Å². The van der Waals surface area contributed by atoms with Gasteiger partial charge in [-0.05, 0) is 23.8 Å². The third kappa shape index (κ3) is 1.52. The van der Waals surface area contributed by atoms with Crippen LogP contribution in [0.25, 0.3) is 6.08 Å². The molecule has 0 fully saturated rings. The zero-order valence-corrected chi connectivity index (χ0v) is 8.96. The molecule has 3 nitrogen and oxygen atoms in total. The number of hydrogen-bond acceptors (Lipinski definition) is 3. The van der Waals surface area contributed by atoms with Gasteiger partial charge < -0.3 is 9.52 Å². The summed E-state index contributed by atoms with van der Waals surface area (Å²) in [5.41, 5.74) is 1.59. The second kappa shape index (κ2) is 3.71. The van der Waals surface area contributed by atoms with E-state index in [9.17, 15) is 9.90 Å². The summed E-state index contributed by atoms with van der Waals surface area (Å²) in [7, 11) is 0. The Balaban J connectivity index is 2.09. The van der Waals surface area contributed by atoms with Crippen LogP contribution in [0, 0.1) is 0 Å². The first-order valence-corrected chi connectivity index (χ1v) is 5.34. The largest absolute Gasteiger partial charge is 0.465 e. The standard InChI is InChI=1S/C14H10O3/c15-13-10-5-1-2-6-11(10)14(16)12(13)8-9-4-3-7-17-9/h1-8,13,15H/b12-8+/t13-/m0/s1. The third-order valence-electron chi connectivity index (χ3n) is 2.90. The van der Waals surface area contributed by atoms with E-state index in [1.807, 2.05) is 6.07 Å². The highest BCUT2D eigenvalue weighted by atomic mass is 16.3. The third-order valence-corrected chi connectivity index (χ3v) is 2.90. The number of furan rings is 1. The average molecular weight is 226 g/mol. The molecule has 0 unspecified atom stereocenters. The summed E-state index contributed by atoms with van der Waals surface area (Å²) in [6.45, 7) is 0. The second-order valence-electron chi connectivity index (χ2n) is 3.93. The van der Waals surface area contributed by atoms with Crippen molar-refractivity contribution < 1.29 is 14.3 Å². The lowest BCUT2D eigenvalue weighted by molar-refractivity contribution is 0.102. The van der Waals surface area contributed by atoms with Gasteiger partial charge in [0.2, 0.25) is 0 Å². The fraction of sp³-hybridized carbons (Fsp3) is 0.0714. The van der Waals surface area contributed by atoms with E-state index in [1.165, 1.54) is 6.26 Å². The van der Waals surface area contributed by atoms with E-state index in [1.54, 1.807) is 36.4 Å². The topological polar surface area (TPSA) is 50.4 Å². The molecule has 3 heteroatoms. The molecule has 2 aromatic rings. The van der Waals surface area contributed by atoms with Crippen molar-refractivity contribution in [2.24, 2.45) is 0 Å². The van der Waals surface area contributed by atoms with Gasteiger partial charge in [0.05, 0.1) is 6.26 Å². The highest BCUT2D eigenvalue weighted by molar-refractivity contribution is 6.16. The minimum Gasteiger partial charge on any atom is -0.465 e. The second-order valence-corrected chi connectivity index (χ2v) is 3.93. The van der Waals surface area contributed by atoms with Crippen LogP contribution in [0.1, 0.15) is 27.8 Å². The Bertz CT molecular complexity index is 594. The van der Waals surface area contributed by atoms with Crippen LogP contribution in [-0.2, 0) is 0 Å². The molecule has 0 bridgehead atoms. The Morgan fingerprint density at radius 3 is 2.71 bits per heavy atom. The summed E-state index contributed by atoms with van der Waals surface area (Å²) in [4.78, 5) is 12.1. The average Bonchev–Trinajstić information content (AvgIpc) is 2.94. The molecule has 0 aliphatic heterocycles. The van der Waals surface area contributed by atoms with Gasteiger partial charge >= 0.3 is 0 Å². The summed E-state index contributed by atoms with van der Waals surface area (Å²) in [5, 5.41) is 10.1. The maximum Gasteiger partial charge on any atom is 0.192 e. The first-order chi connectivity index (χ1) is 8.27. The van der Waals surface area contributed by atoms with Crippen molar-refractivity contribution in [2.45, 2.75) is 6.10 Å². The van der Waals surface area contributed by atoms with Gasteiger partial charge in [-0.2, -0.15) is 0 Å². The number of carbonyl (C=O) groups is 1. The number of fused-ring (bicyclic) bond motifs is 1. The van der Waals surface area contributed by atoms with Crippen LogP contribution in [0.3, 0.4) is 0 Å². The predicted molar refractivity (Wildman–Crippen MR) is 62.4 cm³/mol. The number of carbonyl (C=O) groups excluding carboxylic acids is 1. The molecule has 0 spiro atoms. The molecular weight excluding hydrogens is 216 g/mol. The summed E-state index contributed by atoms with van der Waals surface area (Å²) < 4.78 is 5.15. The van der Waals surface area contributed by atoms with Gasteiger partial charge in [-0.25, -0.2) is 0 Å². The number of aliphatic hydroxyl groups excluding tert-OH is 1. The van der Waals surface area contributed by atoms with E-state index in [0.29, 0.717) is 22.5 Å². The maximum absolute atomic E-state index is 12.1. The smallest absolute Gasteiger partial charge is 0.192 e. The minimum absolute atomic E-state index is 0.135. The quantitative estimate of drug-likeness (QED) is 0.760. The van der Waals surface area contributed by atoms with Gasteiger partial charge in [0.1, 0.15) is 11.9 Å². The maximum atomic E-state index is 12.1. The van der Waals surface area contributed by atoms with E-state index < -0.39 is 6.10 Å². The van der Waals surface area contributed by atoms with Gasteiger partial charge in [0, 0.05) is 11.1 Å².